The molecule has 1 aromatic carbocycles. The van der Waals surface area contributed by atoms with E-state index >= 15 is 0 Å². The molecular weight excluding hydrogens is 280 g/mol. The summed E-state index contributed by atoms with van der Waals surface area (Å²) in [4.78, 5) is 2.67. The molecule has 0 aliphatic carbocycles. The number of rotatable bonds is 6. The third kappa shape index (κ3) is 5.28. The second kappa shape index (κ2) is 8.77. The van der Waals surface area contributed by atoms with Gasteiger partial charge in [0.25, 0.3) is 0 Å². The van der Waals surface area contributed by atoms with Crippen molar-refractivity contribution in [3.8, 4) is 0 Å². The van der Waals surface area contributed by atoms with E-state index in [-0.39, 0.29) is 0 Å². The lowest BCUT2D eigenvalue weighted by Crippen LogP contribution is -2.35. The smallest absolute Gasteiger partial charge is 0.0406 e. The largest absolute Gasteiger partial charge is 0.310 e. The van der Waals surface area contributed by atoms with Crippen LogP contribution in [0.5, 0.6) is 0 Å². The Labute approximate surface area is 134 Å². The first-order valence-electron chi connectivity index (χ1n) is 8.43. The number of halogens is 1. The van der Waals surface area contributed by atoms with Crippen LogP contribution in [0.4, 0.5) is 0 Å². The van der Waals surface area contributed by atoms with Crippen LogP contribution in [0.15, 0.2) is 24.3 Å². The molecule has 0 saturated carbocycles. The minimum Gasteiger partial charge on any atom is -0.310 e. The van der Waals surface area contributed by atoms with Crippen molar-refractivity contribution in [3.05, 3.63) is 34.9 Å². The van der Waals surface area contributed by atoms with E-state index in [1.54, 1.807) is 0 Å². The van der Waals surface area contributed by atoms with E-state index < -0.39 is 0 Å². The van der Waals surface area contributed by atoms with E-state index in [1.807, 2.05) is 12.1 Å². The molecule has 1 aliphatic heterocycles. The summed E-state index contributed by atoms with van der Waals surface area (Å²) in [6, 6.07) is 9.47. The molecule has 0 bridgehead atoms. The zero-order valence-corrected chi connectivity index (χ0v) is 14.2. The first kappa shape index (κ1) is 16.8. The maximum absolute atomic E-state index is 6.00. The fraction of sp³-hybridized carbons (Fsp3) is 0.667. The fourth-order valence-electron chi connectivity index (χ4n) is 3.29. The highest BCUT2D eigenvalue weighted by molar-refractivity contribution is 6.30. The van der Waals surface area contributed by atoms with E-state index in [0.717, 1.165) is 17.6 Å². The van der Waals surface area contributed by atoms with Gasteiger partial charge in [0.2, 0.25) is 0 Å². The highest BCUT2D eigenvalue weighted by Gasteiger charge is 2.18. The topological polar surface area (TPSA) is 15.3 Å². The first-order chi connectivity index (χ1) is 10.2. The molecule has 2 rings (SSSR count). The van der Waals surface area contributed by atoms with Crippen LogP contribution in [0.25, 0.3) is 0 Å². The predicted octanol–water partition coefficient (Wildman–Crippen LogP) is 4.65. The normalized spacial score (nSPS) is 22.0. The van der Waals surface area contributed by atoms with Gasteiger partial charge in [-0.25, -0.2) is 0 Å². The van der Waals surface area contributed by atoms with Crippen molar-refractivity contribution in [1.82, 2.24) is 10.2 Å². The molecule has 21 heavy (non-hydrogen) atoms. The van der Waals surface area contributed by atoms with Gasteiger partial charge in [-0.2, -0.15) is 0 Å². The molecule has 1 aliphatic rings. The van der Waals surface area contributed by atoms with Crippen molar-refractivity contribution in [2.45, 2.75) is 58.0 Å². The summed E-state index contributed by atoms with van der Waals surface area (Å²) in [5.74, 6) is 0. The van der Waals surface area contributed by atoms with Crippen molar-refractivity contribution in [3.63, 3.8) is 0 Å². The lowest BCUT2D eigenvalue weighted by molar-refractivity contribution is 0.202. The van der Waals surface area contributed by atoms with E-state index in [9.17, 15) is 0 Å². The van der Waals surface area contributed by atoms with Crippen molar-refractivity contribution in [2.75, 3.05) is 19.6 Å². The Balaban J connectivity index is 1.94. The molecule has 3 heteroatoms. The summed E-state index contributed by atoms with van der Waals surface area (Å²) in [7, 11) is 0. The van der Waals surface area contributed by atoms with E-state index in [4.69, 9.17) is 11.6 Å². The molecule has 2 unspecified atom stereocenters. The average Bonchev–Trinajstić information content (AvgIpc) is 2.69. The molecule has 1 fully saturated rings. The molecule has 118 valence electrons. The maximum atomic E-state index is 6.00. The van der Waals surface area contributed by atoms with E-state index in [0.29, 0.717) is 6.04 Å². The van der Waals surface area contributed by atoms with Gasteiger partial charge in [-0.3, -0.25) is 0 Å². The van der Waals surface area contributed by atoms with Crippen LogP contribution in [-0.2, 0) is 0 Å². The van der Waals surface area contributed by atoms with E-state index in [1.165, 1.54) is 50.8 Å². The SMILES string of the molecule is CCNC(CCN1CCCCCC1C)c1ccc(Cl)cc1. The Morgan fingerprint density at radius 3 is 2.71 bits per heavy atom. The number of nitrogens with one attached hydrogen (secondary N) is 1. The van der Waals surface area contributed by atoms with Gasteiger partial charge in [-0.15, -0.1) is 0 Å². The molecule has 0 aromatic heterocycles. The number of nitrogens with zero attached hydrogens (tertiary/aromatic N) is 1. The predicted molar refractivity (Wildman–Crippen MR) is 92.0 cm³/mol. The van der Waals surface area contributed by atoms with Gasteiger partial charge in [0.15, 0.2) is 0 Å². The van der Waals surface area contributed by atoms with Crippen LogP contribution >= 0.6 is 11.6 Å². The minimum atomic E-state index is 0.433. The zero-order chi connectivity index (χ0) is 15.1. The highest BCUT2D eigenvalue weighted by Crippen LogP contribution is 2.22. The van der Waals surface area contributed by atoms with Crippen LogP contribution in [0.2, 0.25) is 5.02 Å². The summed E-state index contributed by atoms with van der Waals surface area (Å²) in [5, 5.41) is 4.43. The first-order valence-corrected chi connectivity index (χ1v) is 8.81. The molecule has 1 saturated heterocycles. The molecule has 1 N–H and O–H groups in total. The van der Waals surface area contributed by atoms with Gasteiger partial charge in [0.05, 0.1) is 0 Å². The minimum absolute atomic E-state index is 0.433. The molecule has 1 aromatic rings. The van der Waals surface area contributed by atoms with E-state index in [2.05, 4.69) is 36.2 Å². The number of hydrogen-bond acceptors (Lipinski definition) is 2. The Hall–Kier alpha value is -0.570. The lowest BCUT2D eigenvalue weighted by Gasteiger charge is -2.29. The summed E-state index contributed by atoms with van der Waals surface area (Å²) in [5.41, 5.74) is 1.35. The molecular formula is C18H29ClN2. The van der Waals surface area contributed by atoms with Crippen molar-refractivity contribution >= 4 is 11.6 Å². The second-order valence-electron chi connectivity index (χ2n) is 6.18. The van der Waals surface area contributed by atoms with Crippen molar-refractivity contribution in [2.24, 2.45) is 0 Å². The molecule has 2 atom stereocenters. The summed E-state index contributed by atoms with van der Waals surface area (Å²) in [6.07, 6.45) is 6.67. The van der Waals surface area contributed by atoms with Gasteiger partial charge in [-0.05, 0) is 57.0 Å². The van der Waals surface area contributed by atoms with Crippen LogP contribution in [0.1, 0.15) is 57.6 Å². The van der Waals surface area contributed by atoms with Gasteiger partial charge in [-0.1, -0.05) is 43.5 Å². The maximum Gasteiger partial charge on any atom is 0.0406 e. The molecule has 2 nitrogen and oxygen atoms in total. The monoisotopic (exact) mass is 308 g/mol. The molecule has 0 amide bonds. The quantitative estimate of drug-likeness (QED) is 0.823. The van der Waals surface area contributed by atoms with Gasteiger partial charge in [0, 0.05) is 23.7 Å². The summed E-state index contributed by atoms with van der Waals surface area (Å²) >= 11 is 6.00. The number of benzene rings is 1. The number of hydrogen-bond donors (Lipinski definition) is 1. The number of likely N-dealkylation sites (tertiary alicyclic amines) is 1. The Bertz CT molecular complexity index is 404. The Kier molecular flexibility index (Phi) is 7.01. The van der Waals surface area contributed by atoms with Crippen molar-refractivity contribution in [1.29, 1.82) is 0 Å². The standard InChI is InChI=1S/C18H29ClN2/c1-3-20-18(16-8-10-17(19)11-9-16)12-14-21-13-6-4-5-7-15(21)2/h8-11,15,18,20H,3-7,12-14H2,1-2H3. The average molecular weight is 309 g/mol. The fourth-order valence-corrected chi connectivity index (χ4v) is 3.42. The zero-order valence-electron chi connectivity index (χ0n) is 13.4. The summed E-state index contributed by atoms with van der Waals surface area (Å²) < 4.78 is 0. The highest BCUT2D eigenvalue weighted by atomic mass is 35.5. The van der Waals surface area contributed by atoms with Gasteiger partial charge >= 0.3 is 0 Å². The van der Waals surface area contributed by atoms with Crippen molar-refractivity contribution < 1.29 is 0 Å². The van der Waals surface area contributed by atoms with Gasteiger partial charge < -0.3 is 10.2 Å². The third-order valence-electron chi connectivity index (χ3n) is 4.62. The second-order valence-corrected chi connectivity index (χ2v) is 6.62. The van der Waals surface area contributed by atoms with Crippen LogP contribution in [-0.4, -0.2) is 30.6 Å². The van der Waals surface area contributed by atoms with Crippen LogP contribution < -0.4 is 5.32 Å². The molecule has 0 spiro atoms. The summed E-state index contributed by atoms with van der Waals surface area (Å²) in [6.45, 7) is 8.01. The molecule has 0 radical (unpaired) electrons. The Morgan fingerprint density at radius 2 is 2.00 bits per heavy atom. The third-order valence-corrected chi connectivity index (χ3v) is 4.87. The van der Waals surface area contributed by atoms with Crippen LogP contribution in [0, 0.1) is 0 Å². The van der Waals surface area contributed by atoms with Gasteiger partial charge in [0.1, 0.15) is 0 Å². The van der Waals surface area contributed by atoms with Crippen LogP contribution in [0.3, 0.4) is 0 Å². The Morgan fingerprint density at radius 1 is 1.24 bits per heavy atom. The lowest BCUT2D eigenvalue weighted by atomic mass is 10.0. The molecule has 1 heterocycles.